The smallest absolute Gasteiger partial charge is 0.335 e. The van der Waals surface area contributed by atoms with E-state index in [9.17, 15) is 14.3 Å². The molecule has 1 aliphatic rings. The molecule has 7 rings (SSSR count). The van der Waals surface area contributed by atoms with Gasteiger partial charge >= 0.3 is 5.97 Å². The van der Waals surface area contributed by atoms with Crippen molar-refractivity contribution < 1.29 is 32.5 Å². The van der Waals surface area contributed by atoms with Crippen LogP contribution in [0.25, 0.3) is 33.4 Å². The van der Waals surface area contributed by atoms with E-state index in [0.717, 1.165) is 30.5 Å². The van der Waals surface area contributed by atoms with Crippen LogP contribution in [0.5, 0.6) is 5.88 Å². The first kappa shape index (κ1) is 31.1. The predicted octanol–water partition coefficient (Wildman–Crippen LogP) is 7.23. The first-order chi connectivity index (χ1) is 23.3. The van der Waals surface area contributed by atoms with Crippen LogP contribution in [0.2, 0.25) is 0 Å². The number of aromatic carboxylic acids is 1. The highest BCUT2D eigenvalue weighted by Gasteiger charge is 2.24. The zero-order chi connectivity index (χ0) is 33.4. The number of rotatable bonds is 12. The molecule has 12 heteroatoms. The molecule has 3 aromatic heterocycles. The highest BCUT2D eigenvalue weighted by atomic mass is 19.1. The largest absolute Gasteiger partial charge is 0.478 e. The number of methoxy groups -OCH3 is 1. The molecule has 48 heavy (non-hydrogen) atoms. The number of pyridine rings is 1. The Morgan fingerprint density at radius 1 is 0.938 bits per heavy atom. The molecule has 3 aromatic carbocycles. The Balaban J connectivity index is 1.08. The molecule has 0 radical (unpaired) electrons. The summed E-state index contributed by atoms with van der Waals surface area (Å²) in [5, 5.41) is 13.8. The number of halogens is 3. The lowest BCUT2D eigenvalue weighted by molar-refractivity contribution is 0.0697. The van der Waals surface area contributed by atoms with Gasteiger partial charge in [-0.1, -0.05) is 18.2 Å². The van der Waals surface area contributed by atoms with Crippen molar-refractivity contribution in [2.45, 2.75) is 38.5 Å². The van der Waals surface area contributed by atoms with E-state index in [0.29, 0.717) is 47.2 Å². The Kier molecular flexibility index (Phi) is 8.40. The first-order valence-corrected chi connectivity index (χ1v) is 15.4. The Morgan fingerprint density at radius 3 is 2.54 bits per heavy atom. The van der Waals surface area contributed by atoms with Crippen molar-refractivity contribution in [1.82, 2.24) is 24.3 Å². The molecule has 0 spiro atoms. The quantitative estimate of drug-likeness (QED) is 0.149. The number of carboxylic acid groups (broad SMARTS) is 1. The second-order valence-electron chi connectivity index (χ2n) is 11.7. The van der Waals surface area contributed by atoms with Crippen LogP contribution in [0.3, 0.4) is 0 Å². The van der Waals surface area contributed by atoms with Gasteiger partial charge in [-0.3, -0.25) is 4.68 Å². The number of hydrogen-bond donors (Lipinski definition) is 1. The third-order valence-electron chi connectivity index (χ3n) is 8.36. The fourth-order valence-electron chi connectivity index (χ4n) is 5.63. The van der Waals surface area contributed by atoms with E-state index in [1.807, 2.05) is 10.9 Å². The van der Waals surface area contributed by atoms with Gasteiger partial charge in [0.1, 0.15) is 29.9 Å². The third kappa shape index (κ3) is 6.39. The molecule has 3 heterocycles. The normalized spacial score (nSPS) is 12.9. The molecule has 0 saturated heterocycles. The van der Waals surface area contributed by atoms with Gasteiger partial charge in [0.25, 0.3) is 0 Å². The molecule has 244 valence electrons. The lowest BCUT2D eigenvalue weighted by Crippen LogP contribution is -2.10. The Labute approximate surface area is 273 Å². The zero-order valence-corrected chi connectivity index (χ0v) is 25.9. The van der Waals surface area contributed by atoms with Gasteiger partial charge in [0.15, 0.2) is 0 Å². The van der Waals surface area contributed by atoms with Crippen LogP contribution in [-0.2, 0) is 24.3 Å². The highest BCUT2D eigenvalue weighted by Crippen LogP contribution is 2.35. The van der Waals surface area contributed by atoms with E-state index < -0.39 is 23.4 Å². The maximum Gasteiger partial charge on any atom is 0.335 e. The van der Waals surface area contributed by atoms with Gasteiger partial charge in [0.2, 0.25) is 5.88 Å². The average Bonchev–Trinajstić information content (AvgIpc) is 3.71. The van der Waals surface area contributed by atoms with E-state index in [2.05, 4.69) is 15.1 Å². The van der Waals surface area contributed by atoms with Crippen molar-refractivity contribution in [2.75, 3.05) is 13.7 Å². The first-order valence-electron chi connectivity index (χ1n) is 15.4. The molecule has 0 bridgehead atoms. The number of fused-ring (bicyclic) bond motifs is 1. The lowest BCUT2D eigenvalue weighted by atomic mass is 10.0. The summed E-state index contributed by atoms with van der Waals surface area (Å²) in [7, 11) is 1.53. The monoisotopic (exact) mass is 653 g/mol. The van der Waals surface area contributed by atoms with Gasteiger partial charge in [-0.05, 0) is 66.4 Å². The number of benzene rings is 3. The van der Waals surface area contributed by atoms with E-state index in [-0.39, 0.29) is 41.3 Å². The van der Waals surface area contributed by atoms with Crippen molar-refractivity contribution in [3.63, 3.8) is 0 Å². The summed E-state index contributed by atoms with van der Waals surface area (Å²) < 4.78 is 60.6. The second kappa shape index (κ2) is 13.0. The summed E-state index contributed by atoms with van der Waals surface area (Å²) in [6, 6.07) is 16.7. The van der Waals surface area contributed by atoms with E-state index in [4.69, 9.17) is 9.47 Å². The van der Waals surface area contributed by atoms with Gasteiger partial charge in [-0.2, -0.15) is 5.10 Å². The highest BCUT2D eigenvalue weighted by molar-refractivity contribution is 5.92. The summed E-state index contributed by atoms with van der Waals surface area (Å²) in [4.78, 5) is 20.5. The number of aromatic nitrogens is 5. The minimum absolute atomic E-state index is 0.0480. The Bertz CT molecular complexity index is 2160. The molecular weight excluding hydrogens is 623 g/mol. The van der Waals surface area contributed by atoms with Crippen LogP contribution < -0.4 is 4.74 Å². The SMILES string of the molecule is COCCn1c(Cc2cc(F)c(-c3cccc(OCc4ccc(-c5cnn(C6CC6)c5)cc4F)n3)cc2F)nc2ccc(C(=O)O)cc21. The van der Waals surface area contributed by atoms with Crippen molar-refractivity contribution in [3.8, 4) is 28.3 Å². The summed E-state index contributed by atoms with van der Waals surface area (Å²) >= 11 is 0. The molecule has 1 fully saturated rings. The van der Waals surface area contributed by atoms with Crippen LogP contribution in [0.4, 0.5) is 13.2 Å². The van der Waals surface area contributed by atoms with Crippen molar-refractivity contribution in [2.24, 2.45) is 0 Å². The van der Waals surface area contributed by atoms with Crippen LogP contribution in [0, 0.1) is 17.5 Å². The average molecular weight is 654 g/mol. The number of nitrogens with zero attached hydrogens (tertiary/aromatic N) is 5. The van der Waals surface area contributed by atoms with Gasteiger partial charge in [0.05, 0.1) is 41.1 Å². The van der Waals surface area contributed by atoms with Gasteiger partial charge in [0, 0.05) is 49.0 Å². The van der Waals surface area contributed by atoms with Crippen LogP contribution in [0.1, 0.15) is 46.2 Å². The Hall–Kier alpha value is -5.49. The molecule has 1 aliphatic carbocycles. The van der Waals surface area contributed by atoms with Crippen molar-refractivity contribution in [1.29, 1.82) is 0 Å². The van der Waals surface area contributed by atoms with Crippen LogP contribution in [-0.4, -0.2) is 49.1 Å². The summed E-state index contributed by atoms with van der Waals surface area (Å²) in [6.07, 6.45) is 5.81. The topological polar surface area (TPSA) is 104 Å². The number of carboxylic acids is 1. The molecule has 1 N–H and O–H groups in total. The lowest BCUT2D eigenvalue weighted by Gasteiger charge is -2.12. The molecule has 0 unspecified atom stereocenters. The fourth-order valence-corrected chi connectivity index (χ4v) is 5.63. The summed E-state index contributed by atoms with van der Waals surface area (Å²) in [5.41, 5.74) is 3.18. The summed E-state index contributed by atoms with van der Waals surface area (Å²) in [5.74, 6) is -2.34. The number of ether oxygens (including phenoxy) is 2. The maximum absolute atomic E-state index is 15.5. The second-order valence-corrected chi connectivity index (χ2v) is 11.7. The van der Waals surface area contributed by atoms with E-state index >= 15 is 8.78 Å². The number of carbonyl (C=O) groups is 1. The maximum atomic E-state index is 15.5. The number of imidazole rings is 1. The van der Waals surface area contributed by atoms with E-state index in [1.165, 1.54) is 31.4 Å². The third-order valence-corrected chi connectivity index (χ3v) is 8.36. The van der Waals surface area contributed by atoms with Crippen LogP contribution in [0.15, 0.2) is 79.1 Å². The minimum Gasteiger partial charge on any atom is -0.478 e. The molecule has 0 atom stereocenters. The molecular formula is C36H30F3N5O4. The fraction of sp³-hybridized carbons (Fsp3) is 0.222. The summed E-state index contributed by atoms with van der Waals surface area (Å²) in [6.45, 7) is 0.530. The van der Waals surface area contributed by atoms with E-state index in [1.54, 1.807) is 41.1 Å². The van der Waals surface area contributed by atoms with Gasteiger partial charge < -0.3 is 19.1 Å². The standard InChI is InChI=1S/C36H30F3N5O4/c1-47-12-11-43-33-15-22(36(45)46)7-10-32(33)41-34(43)16-24-14-30(39)27(17-29(24)38)31-3-2-4-35(42-31)48-20-23-6-5-21(13-28(23)37)25-18-40-44(19-25)26-8-9-26/h2-7,10,13-15,17-19,26H,8-9,11-12,16,20H2,1H3,(H,45,46). The molecule has 9 nitrogen and oxygen atoms in total. The van der Waals surface area contributed by atoms with Crippen LogP contribution >= 0.6 is 0 Å². The predicted molar refractivity (Wildman–Crippen MR) is 171 cm³/mol. The van der Waals surface area contributed by atoms with Gasteiger partial charge in [-0.15, -0.1) is 0 Å². The number of hydrogen-bond acceptors (Lipinski definition) is 6. The zero-order valence-electron chi connectivity index (χ0n) is 25.9. The van der Waals surface area contributed by atoms with Crippen molar-refractivity contribution in [3.05, 3.63) is 119 Å². The molecule has 6 aromatic rings. The molecule has 1 saturated carbocycles. The van der Waals surface area contributed by atoms with Crippen molar-refractivity contribution >= 4 is 17.0 Å². The Morgan fingerprint density at radius 2 is 1.77 bits per heavy atom. The minimum atomic E-state index is -1.08. The molecule has 0 amide bonds. The van der Waals surface area contributed by atoms with Gasteiger partial charge in [-0.25, -0.2) is 27.9 Å². The molecule has 0 aliphatic heterocycles.